The van der Waals surface area contributed by atoms with Crippen LogP contribution in [-0.4, -0.2) is 16.1 Å². The molecule has 1 aromatic heterocycles. The molecule has 0 aliphatic rings. The van der Waals surface area contributed by atoms with Crippen LogP contribution in [-0.2, 0) is 11.3 Å². The fourth-order valence-electron chi connectivity index (χ4n) is 1.94. The molecule has 0 aliphatic heterocycles. The van der Waals surface area contributed by atoms with Crippen LogP contribution in [0.15, 0.2) is 59.1 Å². The third kappa shape index (κ3) is 3.41. The highest BCUT2D eigenvalue weighted by molar-refractivity contribution is 5.89. The van der Waals surface area contributed by atoms with E-state index in [1.807, 2.05) is 36.4 Å². The molecule has 3 aromatic rings. The fourth-order valence-corrected chi connectivity index (χ4v) is 1.94. The van der Waals surface area contributed by atoms with Gasteiger partial charge in [-0.15, -0.1) is 0 Å². The summed E-state index contributed by atoms with van der Waals surface area (Å²) in [5.41, 5.74) is 1.51. The molecule has 0 bridgehead atoms. The van der Waals surface area contributed by atoms with Gasteiger partial charge >= 0.3 is 5.97 Å². The van der Waals surface area contributed by atoms with E-state index in [2.05, 4.69) is 10.1 Å². The van der Waals surface area contributed by atoms with Crippen molar-refractivity contribution in [2.24, 2.45) is 0 Å². The fraction of sp³-hybridized carbons (Fsp3) is 0.0588. The van der Waals surface area contributed by atoms with Crippen LogP contribution in [0.5, 0.6) is 0 Å². The maximum absolute atomic E-state index is 11.9. The lowest BCUT2D eigenvalue weighted by Crippen LogP contribution is -2.05. The van der Waals surface area contributed by atoms with Crippen molar-refractivity contribution in [2.75, 3.05) is 0 Å². The Bertz CT molecular complexity index is 866. The predicted molar refractivity (Wildman–Crippen MR) is 80.0 cm³/mol. The van der Waals surface area contributed by atoms with Crippen molar-refractivity contribution >= 4 is 5.97 Å². The summed E-state index contributed by atoms with van der Waals surface area (Å²) in [4.78, 5) is 16.1. The second-order valence-corrected chi connectivity index (χ2v) is 4.65. The van der Waals surface area contributed by atoms with E-state index >= 15 is 0 Å². The van der Waals surface area contributed by atoms with Gasteiger partial charge in [-0.2, -0.15) is 10.2 Å². The van der Waals surface area contributed by atoms with Gasteiger partial charge in [0.15, 0.2) is 6.61 Å². The number of carbonyl (C=O) groups is 1. The first-order valence-corrected chi connectivity index (χ1v) is 6.81. The summed E-state index contributed by atoms with van der Waals surface area (Å²) in [6, 6.07) is 17.6. The van der Waals surface area contributed by atoms with E-state index in [0.29, 0.717) is 17.0 Å². The van der Waals surface area contributed by atoms with Crippen LogP contribution in [0.1, 0.15) is 21.8 Å². The highest BCUT2D eigenvalue weighted by Gasteiger charge is 2.12. The maximum Gasteiger partial charge on any atom is 0.338 e. The number of nitrogens with zero attached hydrogens (tertiary/aromatic N) is 3. The number of esters is 1. The molecule has 0 atom stereocenters. The average molecular weight is 305 g/mol. The standard InChI is InChI=1S/C17H11N3O3/c18-10-12-5-4-8-14(9-12)17(21)22-11-15-19-16(20-23-15)13-6-2-1-3-7-13/h1-9H,11H2. The van der Waals surface area contributed by atoms with Crippen molar-refractivity contribution in [3.63, 3.8) is 0 Å². The molecule has 0 N–H and O–H groups in total. The van der Waals surface area contributed by atoms with Crippen molar-refractivity contribution in [3.05, 3.63) is 71.6 Å². The molecule has 0 amide bonds. The average Bonchev–Trinajstić information content (AvgIpc) is 3.09. The van der Waals surface area contributed by atoms with Gasteiger partial charge in [0.05, 0.1) is 17.2 Å². The third-order valence-electron chi connectivity index (χ3n) is 3.05. The van der Waals surface area contributed by atoms with E-state index in [1.165, 1.54) is 6.07 Å². The maximum atomic E-state index is 11.9. The number of nitriles is 1. The minimum atomic E-state index is -0.554. The summed E-state index contributed by atoms with van der Waals surface area (Å²) in [6.07, 6.45) is 0. The Labute approximate surface area is 131 Å². The summed E-state index contributed by atoms with van der Waals surface area (Å²) in [6.45, 7) is -0.130. The van der Waals surface area contributed by atoms with Gasteiger partial charge in [0.1, 0.15) is 0 Å². The molecule has 6 nitrogen and oxygen atoms in total. The number of rotatable bonds is 4. The number of ether oxygens (including phenoxy) is 1. The number of carbonyl (C=O) groups excluding carboxylic acids is 1. The Morgan fingerprint density at radius 2 is 2.00 bits per heavy atom. The smallest absolute Gasteiger partial charge is 0.338 e. The molecule has 1 heterocycles. The zero-order valence-corrected chi connectivity index (χ0v) is 12.0. The molecule has 0 saturated carbocycles. The SMILES string of the molecule is N#Cc1cccc(C(=O)OCc2nc(-c3ccccc3)no2)c1. The van der Waals surface area contributed by atoms with Gasteiger partial charge in [-0.25, -0.2) is 4.79 Å². The molecule has 0 aliphatic carbocycles. The number of hydrogen-bond donors (Lipinski definition) is 0. The quantitative estimate of drug-likeness (QED) is 0.688. The molecule has 0 radical (unpaired) electrons. The predicted octanol–water partition coefficient (Wildman–Crippen LogP) is 2.97. The molecule has 3 rings (SSSR count). The number of hydrogen-bond acceptors (Lipinski definition) is 6. The van der Waals surface area contributed by atoms with Crippen LogP contribution in [0.2, 0.25) is 0 Å². The van der Waals surface area contributed by atoms with Gasteiger partial charge < -0.3 is 9.26 Å². The second kappa shape index (κ2) is 6.54. The van der Waals surface area contributed by atoms with Crippen LogP contribution < -0.4 is 0 Å². The van der Waals surface area contributed by atoms with Crippen molar-refractivity contribution in [1.82, 2.24) is 10.1 Å². The van der Waals surface area contributed by atoms with E-state index < -0.39 is 5.97 Å². The van der Waals surface area contributed by atoms with Crippen LogP contribution in [0.3, 0.4) is 0 Å². The van der Waals surface area contributed by atoms with Gasteiger partial charge in [0.25, 0.3) is 5.89 Å². The topological polar surface area (TPSA) is 89.0 Å². The monoisotopic (exact) mass is 305 g/mol. The Balaban J connectivity index is 1.66. The minimum Gasteiger partial charge on any atom is -0.452 e. The highest BCUT2D eigenvalue weighted by atomic mass is 16.6. The molecule has 0 unspecified atom stereocenters. The second-order valence-electron chi connectivity index (χ2n) is 4.65. The van der Waals surface area contributed by atoms with Gasteiger partial charge in [-0.05, 0) is 18.2 Å². The molecule has 6 heteroatoms. The zero-order valence-electron chi connectivity index (χ0n) is 12.0. The molecule has 112 valence electrons. The van der Waals surface area contributed by atoms with Crippen molar-refractivity contribution in [1.29, 1.82) is 5.26 Å². The van der Waals surface area contributed by atoms with E-state index in [0.717, 1.165) is 5.56 Å². The van der Waals surface area contributed by atoms with Crippen molar-refractivity contribution < 1.29 is 14.1 Å². The summed E-state index contributed by atoms with van der Waals surface area (Å²) < 4.78 is 10.2. The number of benzene rings is 2. The summed E-state index contributed by atoms with van der Waals surface area (Å²) in [5, 5.41) is 12.7. The lowest BCUT2D eigenvalue weighted by molar-refractivity contribution is 0.0430. The van der Waals surface area contributed by atoms with Crippen LogP contribution in [0, 0.1) is 11.3 Å². The van der Waals surface area contributed by atoms with Gasteiger partial charge in [0.2, 0.25) is 5.82 Å². The molecule has 0 spiro atoms. The Hall–Kier alpha value is -3.46. The molecule has 0 fully saturated rings. The minimum absolute atomic E-state index is 0.130. The Morgan fingerprint density at radius 1 is 1.17 bits per heavy atom. The molecular weight excluding hydrogens is 294 g/mol. The first-order chi connectivity index (χ1) is 11.3. The van der Waals surface area contributed by atoms with Crippen molar-refractivity contribution in [2.45, 2.75) is 6.61 Å². The van der Waals surface area contributed by atoms with Crippen molar-refractivity contribution in [3.8, 4) is 17.5 Å². The van der Waals surface area contributed by atoms with Crippen LogP contribution >= 0.6 is 0 Å². The van der Waals surface area contributed by atoms with E-state index in [-0.39, 0.29) is 12.5 Å². The lowest BCUT2D eigenvalue weighted by atomic mass is 10.1. The number of aromatic nitrogens is 2. The van der Waals surface area contributed by atoms with Gasteiger partial charge in [0, 0.05) is 5.56 Å². The largest absolute Gasteiger partial charge is 0.452 e. The Morgan fingerprint density at radius 3 is 2.78 bits per heavy atom. The highest BCUT2D eigenvalue weighted by Crippen LogP contribution is 2.15. The van der Waals surface area contributed by atoms with Gasteiger partial charge in [-0.3, -0.25) is 0 Å². The first kappa shape index (κ1) is 14.5. The van der Waals surface area contributed by atoms with Crippen LogP contribution in [0.4, 0.5) is 0 Å². The summed E-state index contributed by atoms with van der Waals surface area (Å²) in [5.74, 6) is 0.0818. The van der Waals surface area contributed by atoms with Gasteiger partial charge in [-0.1, -0.05) is 41.6 Å². The molecule has 0 saturated heterocycles. The first-order valence-electron chi connectivity index (χ1n) is 6.81. The molecule has 23 heavy (non-hydrogen) atoms. The van der Waals surface area contributed by atoms with E-state index in [9.17, 15) is 4.79 Å². The third-order valence-corrected chi connectivity index (χ3v) is 3.05. The van der Waals surface area contributed by atoms with Crippen LogP contribution in [0.25, 0.3) is 11.4 Å². The normalized spacial score (nSPS) is 10.0. The van der Waals surface area contributed by atoms with E-state index in [4.69, 9.17) is 14.5 Å². The Kier molecular flexibility index (Phi) is 4.11. The van der Waals surface area contributed by atoms with E-state index in [1.54, 1.807) is 18.2 Å². The summed E-state index contributed by atoms with van der Waals surface area (Å²) >= 11 is 0. The summed E-state index contributed by atoms with van der Waals surface area (Å²) in [7, 11) is 0. The lowest BCUT2D eigenvalue weighted by Gasteiger charge is -2.01. The zero-order chi connectivity index (χ0) is 16.1. The molecular formula is C17H11N3O3. The molecule has 2 aromatic carbocycles.